The number of amides is 3. The number of nitrogens with one attached hydrogen (secondary N) is 2. The highest BCUT2D eigenvalue weighted by Crippen LogP contribution is 2.26. The van der Waals surface area contributed by atoms with Crippen LogP contribution in [-0.4, -0.2) is 76.2 Å². The summed E-state index contributed by atoms with van der Waals surface area (Å²) in [5, 5.41) is 20.0. The lowest BCUT2D eigenvalue weighted by Crippen LogP contribution is -2.42. The number of pyridine rings is 1. The van der Waals surface area contributed by atoms with Crippen LogP contribution in [0.4, 0.5) is 19.3 Å². The summed E-state index contributed by atoms with van der Waals surface area (Å²) in [5.74, 6) is -1.99. The van der Waals surface area contributed by atoms with E-state index in [4.69, 9.17) is 21.4 Å². The van der Waals surface area contributed by atoms with E-state index in [2.05, 4.69) is 30.8 Å². The Morgan fingerprint density at radius 1 is 1.28 bits per heavy atom. The molecule has 3 N–H and O–H groups in total. The van der Waals surface area contributed by atoms with Crippen molar-refractivity contribution in [3.8, 4) is 11.7 Å². The first-order valence-corrected chi connectivity index (χ1v) is 11.3. The van der Waals surface area contributed by atoms with Gasteiger partial charge in [-0.3, -0.25) is 15.0 Å². The number of hydrazine groups is 1. The Bertz CT molecular complexity index is 1420. The van der Waals surface area contributed by atoms with Crippen LogP contribution in [0.15, 0.2) is 41.7 Å². The fourth-order valence-corrected chi connectivity index (χ4v) is 3.42. The quantitative estimate of drug-likeness (QED) is 0.263. The first-order valence-electron chi connectivity index (χ1n) is 10.9. The molecule has 0 spiro atoms. The van der Waals surface area contributed by atoms with E-state index in [1.54, 1.807) is 19.1 Å². The molecule has 0 aliphatic rings. The molecule has 0 saturated carbocycles. The molecular weight excluding hydrogens is 544 g/mol. The minimum absolute atomic E-state index is 0.0140. The molecule has 16 heteroatoms. The van der Waals surface area contributed by atoms with E-state index >= 15 is 0 Å². The fourth-order valence-electron chi connectivity index (χ4n) is 3.22. The lowest BCUT2D eigenvalue weighted by Gasteiger charge is -2.18. The van der Waals surface area contributed by atoms with Gasteiger partial charge in [-0.2, -0.15) is 0 Å². The zero-order valence-corrected chi connectivity index (χ0v) is 21.4. The Morgan fingerprint density at radius 3 is 2.67 bits per heavy atom. The molecule has 13 nitrogen and oxygen atoms in total. The molecular formula is C23H22ClF2N7O6. The molecule has 0 radical (unpaired) electrons. The average molecular weight is 566 g/mol. The number of halogens is 3. The molecule has 3 rings (SSSR count). The number of rotatable bonds is 9. The Balaban J connectivity index is 2.07. The number of carbonyl (C=O) groups excluding carboxylic acids is 2. The van der Waals surface area contributed by atoms with Crippen LogP contribution < -0.4 is 15.5 Å². The van der Waals surface area contributed by atoms with Crippen molar-refractivity contribution in [2.75, 3.05) is 26.1 Å². The summed E-state index contributed by atoms with van der Waals surface area (Å²) in [6, 6.07) is 7.06. The predicted octanol–water partition coefficient (Wildman–Crippen LogP) is 3.36. The number of alkyl halides is 2. The lowest BCUT2D eigenvalue weighted by atomic mass is 10.0. The normalized spacial score (nSPS) is 10.9. The molecule has 206 valence electrons. The number of aryl methyl sites for hydroxylation is 1. The first-order chi connectivity index (χ1) is 18.5. The summed E-state index contributed by atoms with van der Waals surface area (Å²) in [5.41, 5.74) is 2.65. The third kappa shape index (κ3) is 7.16. The molecule has 0 saturated heterocycles. The van der Waals surface area contributed by atoms with E-state index in [0.717, 1.165) is 17.8 Å². The first kappa shape index (κ1) is 28.8. The van der Waals surface area contributed by atoms with Crippen molar-refractivity contribution in [3.05, 3.63) is 63.9 Å². The highest BCUT2D eigenvalue weighted by Gasteiger charge is 2.24. The molecule has 39 heavy (non-hydrogen) atoms. The number of benzene rings is 1. The number of aromatic nitrogens is 3. The van der Waals surface area contributed by atoms with Crippen molar-refractivity contribution in [1.82, 2.24) is 25.2 Å². The minimum atomic E-state index is -2.79. The largest absolute Gasteiger partial charge is 0.471 e. The van der Waals surface area contributed by atoms with Crippen molar-refractivity contribution < 1.29 is 37.8 Å². The van der Waals surface area contributed by atoms with Gasteiger partial charge >= 0.3 is 6.09 Å². The number of carbonyl (C=O) groups is 3. The summed E-state index contributed by atoms with van der Waals surface area (Å²) < 4.78 is 31.4. The van der Waals surface area contributed by atoms with Crippen LogP contribution >= 0.6 is 11.6 Å². The van der Waals surface area contributed by atoms with Gasteiger partial charge in [0.1, 0.15) is 12.8 Å². The summed E-state index contributed by atoms with van der Waals surface area (Å²) in [7, 11) is 2.43. The number of hydrogen-bond donors (Lipinski definition) is 3. The predicted molar refractivity (Wildman–Crippen MR) is 135 cm³/mol. The van der Waals surface area contributed by atoms with E-state index in [9.17, 15) is 23.2 Å². The standard InChI is InChI=1S/C23H22ClF2N7O6/c1-12-7-13(10-28-38-3)8-14(21(34)31-32(2)23(36)37)19(12)29-22(35)16-9-18(39-11-17(25)26)30-33(16)20-15(24)5-4-6-27-20/h4-10,17H,11H2,1-3H3,(H,29,35)(H,31,34)(H,36,37)/b28-10+. The van der Waals surface area contributed by atoms with Crippen LogP contribution in [0.1, 0.15) is 32.0 Å². The third-order valence-electron chi connectivity index (χ3n) is 4.92. The fraction of sp³-hybridized carbons (Fsp3) is 0.217. The molecule has 0 bridgehead atoms. The van der Waals surface area contributed by atoms with Crippen molar-refractivity contribution >= 4 is 41.4 Å². The molecule has 0 fully saturated rings. The topological polar surface area (TPSA) is 160 Å². The van der Waals surface area contributed by atoms with Gasteiger partial charge in [-0.25, -0.2) is 28.3 Å². The van der Waals surface area contributed by atoms with Gasteiger partial charge in [0.15, 0.2) is 12.4 Å². The van der Waals surface area contributed by atoms with Crippen molar-refractivity contribution in [1.29, 1.82) is 0 Å². The van der Waals surface area contributed by atoms with Gasteiger partial charge in [0, 0.05) is 19.3 Å². The number of carboxylic acid groups (broad SMARTS) is 1. The maximum absolute atomic E-state index is 13.5. The van der Waals surface area contributed by atoms with Crippen LogP contribution in [0.5, 0.6) is 5.88 Å². The second kappa shape index (κ2) is 12.6. The van der Waals surface area contributed by atoms with Gasteiger partial charge in [0.05, 0.1) is 22.5 Å². The summed E-state index contributed by atoms with van der Waals surface area (Å²) in [6.45, 7) is 0.612. The minimum Gasteiger partial charge on any atom is -0.471 e. The summed E-state index contributed by atoms with van der Waals surface area (Å²) >= 11 is 6.21. The van der Waals surface area contributed by atoms with E-state index in [0.29, 0.717) is 16.1 Å². The SMILES string of the molecule is CO/N=C/c1cc(C)c(NC(=O)c2cc(OCC(F)F)nn2-c2ncccc2Cl)c(C(=O)NN(C)C(=O)O)c1. The molecule has 0 unspecified atom stereocenters. The van der Waals surface area contributed by atoms with Gasteiger partial charge in [-0.05, 0) is 42.3 Å². The second-order valence-electron chi connectivity index (χ2n) is 7.70. The monoisotopic (exact) mass is 565 g/mol. The van der Waals surface area contributed by atoms with Gasteiger partial charge in [-0.1, -0.05) is 16.8 Å². The van der Waals surface area contributed by atoms with Crippen LogP contribution in [0, 0.1) is 6.92 Å². The average Bonchev–Trinajstić information content (AvgIpc) is 3.31. The van der Waals surface area contributed by atoms with Crippen molar-refractivity contribution in [3.63, 3.8) is 0 Å². The second-order valence-corrected chi connectivity index (χ2v) is 8.11. The highest BCUT2D eigenvalue weighted by molar-refractivity contribution is 6.32. The van der Waals surface area contributed by atoms with E-state index < -0.39 is 30.9 Å². The zero-order chi connectivity index (χ0) is 28.7. The molecule has 2 heterocycles. The summed E-state index contributed by atoms with van der Waals surface area (Å²) in [6.07, 6.45) is -1.54. The lowest BCUT2D eigenvalue weighted by molar-refractivity contribution is 0.0793. The van der Waals surface area contributed by atoms with Crippen molar-refractivity contribution in [2.24, 2.45) is 5.16 Å². The number of ether oxygens (including phenoxy) is 1. The van der Waals surface area contributed by atoms with Crippen LogP contribution in [-0.2, 0) is 4.84 Å². The Morgan fingerprint density at radius 2 is 2.03 bits per heavy atom. The maximum Gasteiger partial charge on any atom is 0.425 e. The Labute approximate surface area is 224 Å². The van der Waals surface area contributed by atoms with Crippen molar-refractivity contribution in [2.45, 2.75) is 13.3 Å². The number of oxime groups is 1. The van der Waals surface area contributed by atoms with Gasteiger partial charge in [0.2, 0.25) is 5.88 Å². The van der Waals surface area contributed by atoms with Crippen LogP contribution in [0.2, 0.25) is 5.02 Å². The number of anilines is 1. The van der Waals surface area contributed by atoms with Gasteiger partial charge in [0.25, 0.3) is 18.2 Å². The van der Waals surface area contributed by atoms with E-state index in [-0.39, 0.29) is 33.7 Å². The number of nitrogens with zero attached hydrogens (tertiary/aromatic N) is 5. The summed E-state index contributed by atoms with van der Waals surface area (Å²) in [4.78, 5) is 46.4. The molecule has 3 aromatic rings. The van der Waals surface area contributed by atoms with Crippen LogP contribution in [0.25, 0.3) is 5.82 Å². The molecule has 0 atom stereocenters. The van der Waals surface area contributed by atoms with Crippen LogP contribution in [0.3, 0.4) is 0 Å². The Kier molecular flexibility index (Phi) is 9.33. The smallest absolute Gasteiger partial charge is 0.425 e. The third-order valence-corrected chi connectivity index (χ3v) is 5.22. The molecule has 3 amide bonds. The van der Waals surface area contributed by atoms with E-state index in [1.807, 2.05) is 0 Å². The van der Waals surface area contributed by atoms with Gasteiger partial charge in [-0.15, -0.1) is 5.10 Å². The maximum atomic E-state index is 13.5. The molecule has 2 aromatic heterocycles. The highest BCUT2D eigenvalue weighted by atomic mass is 35.5. The molecule has 0 aliphatic carbocycles. The molecule has 1 aromatic carbocycles. The number of hydrogen-bond acceptors (Lipinski definition) is 8. The zero-order valence-electron chi connectivity index (χ0n) is 20.7. The van der Waals surface area contributed by atoms with E-state index in [1.165, 1.54) is 31.7 Å². The van der Waals surface area contributed by atoms with Gasteiger partial charge < -0.3 is 20.0 Å². The molecule has 0 aliphatic heterocycles. The Hall–Kier alpha value is -4.79.